The summed E-state index contributed by atoms with van der Waals surface area (Å²) in [5, 5.41) is 9.54. The summed E-state index contributed by atoms with van der Waals surface area (Å²) in [6, 6.07) is 9.20. The van der Waals surface area contributed by atoms with Crippen molar-refractivity contribution < 1.29 is 14.6 Å². The van der Waals surface area contributed by atoms with Crippen LogP contribution in [-0.2, 0) is 4.79 Å². The molecule has 3 heterocycles. The molecule has 0 saturated carbocycles. The van der Waals surface area contributed by atoms with E-state index >= 15 is 0 Å². The van der Waals surface area contributed by atoms with E-state index in [9.17, 15) is 9.90 Å². The second kappa shape index (κ2) is 7.38. The number of pyridine rings is 1. The van der Waals surface area contributed by atoms with Crippen LogP contribution in [0.1, 0.15) is 19.8 Å². The van der Waals surface area contributed by atoms with Crippen molar-refractivity contribution in [3.05, 3.63) is 61.7 Å². The van der Waals surface area contributed by atoms with Gasteiger partial charge < -0.3 is 19.1 Å². The molecule has 6 heteroatoms. The summed E-state index contributed by atoms with van der Waals surface area (Å²) < 4.78 is 8.31. The van der Waals surface area contributed by atoms with Crippen LogP contribution in [0.2, 0.25) is 0 Å². The quantitative estimate of drug-likeness (QED) is 0.705. The number of aromatic nitrogens is 2. The zero-order valence-corrected chi connectivity index (χ0v) is 15.8. The molecule has 0 spiro atoms. The molecule has 0 aliphatic carbocycles. The van der Waals surface area contributed by atoms with E-state index < -0.39 is 0 Å². The average Bonchev–Trinajstić information content (AvgIpc) is 3.17. The minimum absolute atomic E-state index is 0.0256. The van der Waals surface area contributed by atoms with Crippen LogP contribution in [0.3, 0.4) is 0 Å². The predicted molar refractivity (Wildman–Crippen MR) is 107 cm³/mol. The number of phenolic OH excluding ortho intramolecular Hbond substituents is 1. The number of likely N-dealkylation sites (tertiary alicyclic amines) is 1. The number of imidazole rings is 1. The van der Waals surface area contributed by atoms with E-state index in [1.165, 1.54) is 6.08 Å². The average molecular weight is 377 g/mol. The number of benzene rings is 1. The van der Waals surface area contributed by atoms with E-state index in [-0.39, 0.29) is 23.8 Å². The number of aromatic hydroxyl groups is 1. The van der Waals surface area contributed by atoms with Crippen molar-refractivity contribution in [2.24, 2.45) is 0 Å². The Balaban J connectivity index is 1.60. The van der Waals surface area contributed by atoms with Crippen molar-refractivity contribution in [1.82, 2.24) is 14.3 Å². The second-order valence-electron chi connectivity index (χ2n) is 7.18. The number of ether oxygens (including phenoxy) is 1. The van der Waals surface area contributed by atoms with Crippen molar-refractivity contribution in [3.8, 4) is 22.6 Å². The predicted octanol–water partition coefficient (Wildman–Crippen LogP) is 3.65. The Morgan fingerprint density at radius 1 is 1.32 bits per heavy atom. The number of nitrogens with zero attached hydrogens (tertiary/aromatic N) is 3. The zero-order valence-electron chi connectivity index (χ0n) is 15.8. The van der Waals surface area contributed by atoms with Gasteiger partial charge in [-0.2, -0.15) is 0 Å². The molecular formula is C22H23N3O3. The third-order valence-corrected chi connectivity index (χ3v) is 5.26. The van der Waals surface area contributed by atoms with Gasteiger partial charge in [-0.05, 0) is 36.8 Å². The lowest BCUT2D eigenvalue weighted by molar-refractivity contribution is -0.130. The van der Waals surface area contributed by atoms with E-state index in [0.717, 1.165) is 35.2 Å². The highest BCUT2D eigenvalue weighted by Crippen LogP contribution is 2.31. The molecule has 1 N–H and O–H groups in total. The third-order valence-electron chi connectivity index (χ3n) is 5.26. The molecule has 0 radical (unpaired) electrons. The van der Waals surface area contributed by atoms with Crippen LogP contribution in [0.4, 0.5) is 0 Å². The van der Waals surface area contributed by atoms with Crippen LogP contribution in [0, 0.1) is 0 Å². The standard InChI is InChI=1S/C22H23N3O3/c1-3-22(27)25-9-8-19(10-15(25)2)28-21-11-17(13-24-14-23-12-20(21)24)16-4-6-18(26)7-5-16/h3-7,11-15,19,26H,1,8-10H2,2H3/t15-,19-/m0/s1. The SMILES string of the molecule is C=CC(=O)N1CC[C@H](Oc2cc(-c3ccc(O)cc3)cn3cncc23)C[C@@H]1C. The van der Waals surface area contributed by atoms with Crippen LogP contribution < -0.4 is 4.74 Å². The monoisotopic (exact) mass is 377 g/mol. The first kappa shape index (κ1) is 18.1. The molecule has 3 aromatic rings. The maximum Gasteiger partial charge on any atom is 0.246 e. The minimum Gasteiger partial charge on any atom is -0.508 e. The summed E-state index contributed by atoms with van der Waals surface area (Å²) >= 11 is 0. The minimum atomic E-state index is -0.0292. The molecule has 6 nitrogen and oxygen atoms in total. The molecule has 1 fully saturated rings. The molecule has 144 valence electrons. The van der Waals surface area contributed by atoms with Crippen molar-refractivity contribution in [2.45, 2.75) is 31.9 Å². The first-order valence-corrected chi connectivity index (χ1v) is 9.40. The van der Waals surface area contributed by atoms with Crippen molar-refractivity contribution in [3.63, 3.8) is 0 Å². The Morgan fingerprint density at radius 2 is 2.11 bits per heavy atom. The molecule has 2 atom stereocenters. The highest BCUT2D eigenvalue weighted by Gasteiger charge is 2.29. The smallest absolute Gasteiger partial charge is 0.246 e. The topological polar surface area (TPSA) is 67.1 Å². The van der Waals surface area contributed by atoms with Gasteiger partial charge in [0, 0.05) is 37.2 Å². The van der Waals surface area contributed by atoms with Gasteiger partial charge in [-0.3, -0.25) is 4.79 Å². The Bertz CT molecular complexity index is 1010. The normalized spacial score (nSPS) is 19.5. The lowest BCUT2D eigenvalue weighted by Crippen LogP contribution is -2.46. The van der Waals surface area contributed by atoms with E-state index in [0.29, 0.717) is 6.54 Å². The summed E-state index contributed by atoms with van der Waals surface area (Å²) in [6.45, 7) is 6.28. The third kappa shape index (κ3) is 3.45. The Hall–Kier alpha value is -3.28. The van der Waals surface area contributed by atoms with E-state index in [2.05, 4.69) is 11.6 Å². The fraction of sp³-hybridized carbons (Fsp3) is 0.273. The van der Waals surface area contributed by atoms with Crippen LogP contribution in [0.15, 0.2) is 61.7 Å². The van der Waals surface area contributed by atoms with Crippen molar-refractivity contribution >= 4 is 11.4 Å². The lowest BCUT2D eigenvalue weighted by atomic mass is 10.00. The van der Waals surface area contributed by atoms with Crippen LogP contribution in [0.5, 0.6) is 11.5 Å². The van der Waals surface area contributed by atoms with Gasteiger partial charge in [0.1, 0.15) is 23.1 Å². The van der Waals surface area contributed by atoms with Crippen LogP contribution in [0.25, 0.3) is 16.6 Å². The summed E-state index contributed by atoms with van der Waals surface area (Å²) in [5.41, 5.74) is 2.87. The fourth-order valence-corrected chi connectivity index (χ4v) is 3.77. The highest BCUT2D eigenvalue weighted by atomic mass is 16.5. The van der Waals surface area contributed by atoms with Crippen LogP contribution in [-0.4, -0.2) is 44.0 Å². The number of hydrogen-bond donors (Lipinski definition) is 1. The molecule has 0 bridgehead atoms. The largest absolute Gasteiger partial charge is 0.508 e. The molecule has 1 aromatic carbocycles. The van der Waals surface area contributed by atoms with Gasteiger partial charge in [-0.1, -0.05) is 18.7 Å². The number of phenols is 1. The van der Waals surface area contributed by atoms with Gasteiger partial charge in [-0.25, -0.2) is 4.98 Å². The van der Waals surface area contributed by atoms with Gasteiger partial charge in [0.05, 0.1) is 12.5 Å². The van der Waals surface area contributed by atoms with Gasteiger partial charge in [0.25, 0.3) is 0 Å². The number of rotatable bonds is 4. The highest BCUT2D eigenvalue weighted by molar-refractivity contribution is 5.87. The Morgan fingerprint density at radius 3 is 2.82 bits per heavy atom. The number of carbonyl (C=O) groups is 1. The molecule has 1 aliphatic rings. The van der Waals surface area contributed by atoms with E-state index in [4.69, 9.17) is 4.74 Å². The first-order valence-electron chi connectivity index (χ1n) is 9.40. The Labute approximate surface area is 163 Å². The van der Waals surface area contributed by atoms with Gasteiger partial charge in [0.2, 0.25) is 5.91 Å². The fourth-order valence-electron chi connectivity index (χ4n) is 3.77. The molecule has 2 aromatic heterocycles. The van der Waals surface area contributed by atoms with E-state index in [1.807, 2.05) is 40.6 Å². The molecule has 28 heavy (non-hydrogen) atoms. The Kier molecular flexibility index (Phi) is 4.77. The molecular weight excluding hydrogens is 354 g/mol. The summed E-state index contributed by atoms with van der Waals surface area (Å²) in [7, 11) is 0. The summed E-state index contributed by atoms with van der Waals surface area (Å²) in [5.74, 6) is 0.973. The maximum absolute atomic E-state index is 11.9. The molecule has 4 rings (SSSR count). The molecule has 1 saturated heterocycles. The number of hydrogen-bond acceptors (Lipinski definition) is 4. The first-order chi connectivity index (χ1) is 13.5. The van der Waals surface area contributed by atoms with E-state index in [1.54, 1.807) is 24.7 Å². The number of amides is 1. The molecule has 1 aliphatic heterocycles. The van der Waals surface area contributed by atoms with Gasteiger partial charge >= 0.3 is 0 Å². The lowest BCUT2D eigenvalue weighted by Gasteiger charge is -2.37. The summed E-state index contributed by atoms with van der Waals surface area (Å²) in [4.78, 5) is 18.0. The maximum atomic E-state index is 11.9. The molecule has 1 amide bonds. The number of carbonyl (C=O) groups excluding carboxylic acids is 1. The molecule has 0 unspecified atom stereocenters. The zero-order chi connectivity index (χ0) is 19.7. The van der Waals surface area contributed by atoms with Crippen LogP contribution >= 0.6 is 0 Å². The van der Waals surface area contributed by atoms with Gasteiger partial charge in [0.15, 0.2) is 0 Å². The number of piperidine rings is 1. The number of fused-ring (bicyclic) bond motifs is 1. The second-order valence-corrected chi connectivity index (χ2v) is 7.18. The summed E-state index contributed by atoms with van der Waals surface area (Å²) in [6.07, 6.45) is 8.47. The van der Waals surface area contributed by atoms with Crippen molar-refractivity contribution in [2.75, 3.05) is 6.54 Å². The van der Waals surface area contributed by atoms with Crippen molar-refractivity contribution in [1.29, 1.82) is 0 Å². The van der Waals surface area contributed by atoms with Gasteiger partial charge in [-0.15, -0.1) is 0 Å².